The number of hydrogen-bond donors (Lipinski definition) is 0. The number of nitrogens with zero attached hydrogens (tertiary/aromatic N) is 2. The molecule has 2 aromatic carbocycles. The second kappa shape index (κ2) is 7.26. The maximum absolute atomic E-state index is 5.83. The summed E-state index contributed by atoms with van der Waals surface area (Å²) < 4.78 is 7.91. The summed E-state index contributed by atoms with van der Waals surface area (Å²) in [5.41, 5.74) is 3.20. The Balaban J connectivity index is 1.66. The molecular formula is C19H18N2OS. The molecule has 4 heteroatoms. The fraction of sp³-hybridized carbons (Fsp3) is 0.211. The first kappa shape index (κ1) is 15.5. The Hall–Kier alpha value is -2.38. The third kappa shape index (κ3) is 3.52. The molecule has 0 amide bonds. The minimum atomic E-state index is 0.529. The van der Waals surface area contributed by atoms with Gasteiger partial charge in [0.2, 0.25) is 0 Å². The second-order valence-electron chi connectivity index (χ2n) is 5.14. The van der Waals surface area contributed by atoms with Gasteiger partial charge in [0.1, 0.15) is 5.75 Å². The number of hydrogen-bond acceptors (Lipinski definition) is 3. The zero-order chi connectivity index (χ0) is 16.1. The molecule has 0 bridgehead atoms. The highest BCUT2D eigenvalue weighted by atomic mass is 32.2. The van der Waals surface area contributed by atoms with E-state index in [1.165, 1.54) is 0 Å². The van der Waals surface area contributed by atoms with Crippen molar-refractivity contribution in [2.45, 2.75) is 18.6 Å². The summed E-state index contributed by atoms with van der Waals surface area (Å²) in [4.78, 5) is 4.67. The number of terminal acetylenes is 1. The van der Waals surface area contributed by atoms with Crippen LogP contribution >= 0.6 is 11.8 Å². The standard InChI is InChI=1S/C19H18N2OS/c1-3-12-21-17-10-6-5-9-16(17)20-19(21)23-14-13-22-18-11-7-4-8-15(18)2/h1,4-11H,12-14H2,2H3. The molecule has 0 aliphatic heterocycles. The van der Waals surface area contributed by atoms with E-state index in [0.29, 0.717) is 13.2 Å². The molecule has 0 spiro atoms. The molecule has 1 heterocycles. The largest absolute Gasteiger partial charge is 0.492 e. The van der Waals surface area contributed by atoms with Gasteiger partial charge in [0.05, 0.1) is 24.2 Å². The average Bonchev–Trinajstić information content (AvgIpc) is 2.91. The molecule has 0 N–H and O–H groups in total. The summed E-state index contributed by atoms with van der Waals surface area (Å²) in [7, 11) is 0. The van der Waals surface area contributed by atoms with Gasteiger partial charge in [-0.05, 0) is 30.7 Å². The van der Waals surface area contributed by atoms with Crippen molar-refractivity contribution in [2.75, 3.05) is 12.4 Å². The minimum absolute atomic E-state index is 0.529. The Kier molecular flexibility index (Phi) is 4.89. The van der Waals surface area contributed by atoms with E-state index in [-0.39, 0.29) is 0 Å². The molecule has 1 aromatic heterocycles. The van der Waals surface area contributed by atoms with E-state index in [4.69, 9.17) is 11.2 Å². The number of para-hydroxylation sites is 3. The van der Waals surface area contributed by atoms with Crippen molar-refractivity contribution in [3.05, 3.63) is 54.1 Å². The molecule has 3 nitrogen and oxygen atoms in total. The Morgan fingerprint density at radius 2 is 1.96 bits per heavy atom. The first-order valence-electron chi connectivity index (χ1n) is 7.49. The second-order valence-corrected chi connectivity index (χ2v) is 6.20. The Bertz CT molecular complexity index is 848. The smallest absolute Gasteiger partial charge is 0.170 e. The number of thioether (sulfide) groups is 1. The van der Waals surface area contributed by atoms with Crippen LogP contribution in [0.25, 0.3) is 11.0 Å². The fourth-order valence-electron chi connectivity index (χ4n) is 2.41. The lowest BCUT2D eigenvalue weighted by molar-refractivity contribution is 0.341. The van der Waals surface area contributed by atoms with E-state index in [9.17, 15) is 0 Å². The van der Waals surface area contributed by atoms with Gasteiger partial charge in [-0.1, -0.05) is 48.0 Å². The van der Waals surface area contributed by atoms with Gasteiger partial charge in [0.25, 0.3) is 0 Å². The Morgan fingerprint density at radius 1 is 1.17 bits per heavy atom. The number of aryl methyl sites for hydroxylation is 1. The van der Waals surface area contributed by atoms with Crippen molar-refractivity contribution in [1.29, 1.82) is 0 Å². The van der Waals surface area contributed by atoms with Gasteiger partial charge in [-0.2, -0.15) is 0 Å². The summed E-state index contributed by atoms with van der Waals surface area (Å²) in [6, 6.07) is 16.1. The van der Waals surface area contributed by atoms with Gasteiger partial charge in [-0.25, -0.2) is 4.98 Å². The van der Waals surface area contributed by atoms with Crippen molar-refractivity contribution in [2.24, 2.45) is 0 Å². The molecule has 0 fully saturated rings. The van der Waals surface area contributed by atoms with Crippen LogP contribution in [0.1, 0.15) is 5.56 Å². The van der Waals surface area contributed by atoms with E-state index >= 15 is 0 Å². The van der Waals surface area contributed by atoms with Crippen molar-refractivity contribution in [1.82, 2.24) is 9.55 Å². The quantitative estimate of drug-likeness (QED) is 0.387. The maximum atomic E-state index is 5.83. The van der Waals surface area contributed by atoms with Crippen LogP contribution in [-0.4, -0.2) is 21.9 Å². The number of aromatic nitrogens is 2. The van der Waals surface area contributed by atoms with Crippen LogP contribution in [0.5, 0.6) is 5.75 Å². The molecule has 3 aromatic rings. The number of ether oxygens (including phenoxy) is 1. The van der Waals surface area contributed by atoms with Gasteiger partial charge in [0.15, 0.2) is 5.16 Å². The molecule has 23 heavy (non-hydrogen) atoms. The van der Waals surface area contributed by atoms with Crippen LogP contribution in [0, 0.1) is 19.3 Å². The van der Waals surface area contributed by atoms with Crippen molar-refractivity contribution in [3.8, 4) is 18.1 Å². The topological polar surface area (TPSA) is 27.1 Å². The molecule has 0 aliphatic rings. The fourth-order valence-corrected chi connectivity index (χ4v) is 3.24. The lowest BCUT2D eigenvalue weighted by atomic mass is 10.2. The molecule has 3 rings (SSSR count). The maximum Gasteiger partial charge on any atom is 0.170 e. The summed E-state index contributed by atoms with van der Waals surface area (Å²) in [5.74, 6) is 4.46. The third-order valence-electron chi connectivity index (χ3n) is 3.53. The number of benzene rings is 2. The normalized spacial score (nSPS) is 10.6. The van der Waals surface area contributed by atoms with Crippen LogP contribution in [-0.2, 0) is 6.54 Å². The number of rotatable bonds is 6. The molecular weight excluding hydrogens is 304 g/mol. The van der Waals surface area contributed by atoms with Gasteiger partial charge >= 0.3 is 0 Å². The van der Waals surface area contributed by atoms with Gasteiger partial charge in [-0.3, -0.25) is 0 Å². The number of fused-ring (bicyclic) bond motifs is 1. The highest BCUT2D eigenvalue weighted by Crippen LogP contribution is 2.24. The predicted octanol–water partition coefficient (Wildman–Crippen LogP) is 4.15. The van der Waals surface area contributed by atoms with Crippen LogP contribution in [0.2, 0.25) is 0 Å². The van der Waals surface area contributed by atoms with Crippen molar-refractivity contribution < 1.29 is 4.74 Å². The molecule has 0 unspecified atom stereocenters. The zero-order valence-corrected chi connectivity index (χ0v) is 13.8. The molecule has 0 radical (unpaired) electrons. The molecule has 0 saturated heterocycles. The van der Waals surface area contributed by atoms with E-state index < -0.39 is 0 Å². The van der Waals surface area contributed by atoms with E-state index in [1.807, 2.05) is 42.5 Å². The zero-order valence-electron chi connectivity index (χ0n) is 13.0. The average molecular weight is 322 g/mol. The molecule has 116 valence electrons. The van der Waals surface area contributed by atoms with Crippen LogP contribution in [0.3, 0.4) is 0 Å². The molecule has 0 saturated carbocycles. The van der Waals surface area contributed by atoms with Crippen LogP contribution < -0.4 is 4.74 Å². The first-order valence-corrected chi connectivity index (χ1v) is 8.48. The molecule has 0 aliphatic carbocycles. The van der Waals surface area contributed by atoms with Crippen molar-refractivity contribution in [3.63, 3.8) is 0 Å². The summed E-state index contributed by atoms with van der Waals surface area (Å²) in [6.07, 6.45) is 5.49. The SMILES string of the molecule is C#CCn1c(SCCOc2ccccc2C)nc2ccccc21. The predicted molar refractivity (Wildman–Crippen MR) is 96.0 cm³/mol. The van der Waals surface area contributed by atoms with Gasteiger partial charge < -0.3 is 9.30 Å². The van der Waals surface area contributed by atoms with Crippen LogP contribution in [0.4, 0.5) is 0 Å². The highest BCUT2D eigenvalue weighted by Gasteiger charge is 2.10. The Labute approximate surface area is 140 Å². The van der Waals surface area contributed by atoms with Gasteiger partial charge in [0, 0.05) is 5.75 Å². The number of imidazole rings is 1. The summed E-state index contributed by atoms with van der Waals surface area (Å²) >= 11 is 1.67. The minimum Gasteiger partial charge on any atom is -0.492 e. The van der Waals surface area contributed by atoms with E-state index in [2.05, 4.69) is 28.5 Å². The van der Waals surface area contributed by atoms with Crippen LogP contribution in [0.15, 0.2) is 53.7 Å². The third-order valence-corrected chi connectivity index (χ3v) is 4.48. The monoisotopic (exact) mass is 322 g/mol. The lowest BCUT2D eigenvalue weighted by Crippen LogP contribution is -2.03. The first-order chi connectivity index (χ1) is 11.3. The summed E-state index contributed by atoms with van der Waals surface area (Å²) in [5, 5.41) is 0.942. The lowest BCUT2D eigenvalue weighted by Gasteiger charge is -2.09. The molecule has 0 atom stereocenters. The Morgan fingerprint density at radius 3 is 2.78 bits per heavy atom. The van der Waals surface area contributed by atoms with Crippen molar-refractivity contribution >= 4 is 22.8 Å². The van der Waals surface area contributed by atoms with E-state index in [0.717, 1.165) is 33.3 Å². The highest BCUT2D eigenvalue weighted by molar-refractivity contribution is 7.99. The van der Waals surface area contributed by atoms with Gasteiger partial charge in [-0.15, -0.1) is 6.42 Å². The summed E-state index contributed by atoms with van der Waals surface area (Å²) in [6.45, 7) is 3.21. The van der Waals surface area contributed by atoms with E-state index in [1.54, 1.807) is 11.8 Å².